The molecule has 6 atom stereocenters. The highest BCUT2D eigenvalue weighted by Gasteiger charge is 2.54. The van der Waals surface area contributed by atoms with Crippen LogP contribution >= 0.6 is 19.3 Å². The Balaban J connectivity index is 1.81. The number of aliphatic hydroxyl groups is 2. The van der Waals surface area contributed by atoms with Crippen LogP contribution in [0.2, 0.25) is 5.02 Å². The summed E-state index contributed by atoms with van der Waals surface area (Å²) in [6.07, 6.45) is -3.61. The molecule has 1 fully saturated rings. The number of para-hydroxylation sites is 1. The molecule has 1 aromatic heterocycles. The third-order valence-corrected chi connectivity index (χ3v) is 7.31. The summed E-state index contributed by atoms with van der Waals surface area (Å²) < 4.78 is 36.4. The zero-order chi connectivity index (χ0) is 27.5. The normalized spacial score (nSPS) is 26.0. The average Bonchev–Trinajstić information content (AvgIpc) is 3.03. The van der Waals surface area contributed by atoms with E-state index in [-0.39, 0.29) is 16.6 Å². The first-order chi connectivity index (χ1) is 17.2. The fraction of sp³-hybridized carbons (Fsp3) is 0.500. The zero-order valence-corrected chi connectivity index (χ0v) is 22.3. The van der Waals surface area contributed by atoms with Gasteiger partial charge in [-0.1, -0.05) is 29.8 Å². The van der Waals surface area contributed by atoms with E-state index in [0.717, 1.165) is 10.8 Å². The van der Waals surface area contributed by atoms with E-state index in [9.17, 15) is 24.4 Å². The first-order valence-electron chi connectivity index (χ1n) is 11.3. The molecule has 2 heterocycles. The van der Waals surface area contributed by atoms with Crippen LogP contribution in [0.25, 0.3) is 0 Å². The van der Waals surface area contributed by atoms with Crippen LogP contribution in [0, 0.1) is 0 Å². The fourth-order valence-electron chi connectivity index (χ4n) is 3.51. The van der Waals surface area contributed by atoms with E-state index in [0.29, 0.717) is 0 Å². The van der Waals surface area contributed by atoms with Gasteiger partial charge in [-0.25, -0.2) is 9.36 Å². The van der Waals surface area contributed by atoms with Crippen molar-refractivity contribution in [2.45, 2.75) is 63.9 Å². The summed E-state index contributed by atoms with van der Waals surface area (Å²) >= 11 is 5.96. The van der Waals surface area contributed by atoms with Crippen LogP contribution in [-0.2, 0) is 23.4 Å². The number of aromatic nitrogens is 2. The second-order valence-electron chi connectivity index (χ2n) is 8.90. The Morgan fingerprint density at radius 1 is 1.35 bits per heavy atom. The van der Waals surface area contributed by atoms with E-state index in [2.05, 4.69) is 10.1 Å². The van der Waals surface area contributed by atoms with Gasteiger partial charge in [0.05, 0.1) is 17.7 Å². The van der Waals surface area contributed by atoms with Crippen molar-refractivity contribution >= 4 is 31.1 Å². The molecule has 1 aliphatic heterocycles. The highest BCUT2D eigenvalue weighted by atomic mass is 35.5. The summed E-state index contributed by atoms with van der Waals surface area (Å²) in [5.74, 6) is -0.728. The second-order valence-corrected chi connectivity index (χ2v) is 11.0. The number of nitrogens with two attached hydrogens (primary N) is 1. The quantitative estimate of drug-likeness (QED) is 0.243. The number of esters is 1. The summed E-state index contributed by atoms with van der Waals surface area (Å²) in [5.41, 5.74) is 2.66. The summed E-state index contributed by atoms with van der Waals surface area (Å²) in [6.45, 7) is 5.42. The van der Waals surface area contributed by atoms with Crippen molar-refractivity contribution in [3.63, 3.8) is 0 Å². The molecule has 0 bridgehead atoms. The number of benzene rings is 1. The molecule has 204 valence electrons. The van der Waals surface area contributed by atoms with Crippen molar-refractivity contribution in [1.29, 1.82) is 0 Å². The van der Waals surface area contributed by atoms with Crippen molar-refractivity contribution in [1.82, 2.24) is 14.6 Å². The Kier molecular flexibility index (Phi) is 9.01. The van der Waals surface area contributed by atoms with Crippen LogP contribution in [0.3, 0.4) is 0 Å². The van der Waals surface area contributed by atoms with E-state index in [1.165, 1.54) is 26.0 Å². The summed E-state index contributed by atoms with van der Waals surface area (Å²) in [5, 5.41) is 24.1. The third kappa shape index (κ3) is 6.88. The molecule has 0 unspecified atom stereocenters. The highest BCUT2D eigenvalue weighted by molar-refractivity contribution is 7.52. The van der Waals surface area contributed by atoms with Gasteiger partial charge in [0.1, 0.15) is 35.4 Å². The minimum absolute atomic E-state index is 0.0691. The number of hydrogen-bond donors (Lipinski definition) is 4. The minimum Gasteiger partial charge on any atom is -0.462 e. The molecule has 0 aliphatic carbocycles. The number of hydrogen-bond acceptors (Lipinski definition) is 11. The van der Waals surface area contributed by atoms with Gasteiger partial charge in [-0.2, -0.15) is 10.1 Å². The van der Waals surface area contributed by atoms with Gasteiger partial charge in [-0.15, -0.1) is 0 Å². The summed E-state index contributed by atoms with van der Waals surface area (Å²) in [4.78, 5) is 28.2. The molecule has 0 spiro atoms. The largest absolute Gasteiger partial charge is 0.462 e. The number of nitrogens with zero attached hydrogens (tertiary/aromatic N) is 2. The Hall–Kier alpha value is -2.51. The van der Waals surface area contributed by atoms with Gasteiger partial charge >= 0.3 is 19.4 Å². The molecule has 1 aromatic carbocycles. The molecular weight excluding hydrogens is 531 g/mol. The van der Waals surface area contributed by atoms with Gasteiger partial charge < -0.3 is 29.9 Å². The van der Waals surface area contributed by atoms with Crippen LogP contribution in [0.1, 0.15) is 33.9 Å². The number of carbonyl (C=O) groups excluding carboxylic acids is 1. The van der Waals surface area contributed by atoms with Crippen molar-refractivity contribution in [3.05, 3.63) is 52.0 Å². The van der Waals surface area contributed by atoms with Gasteiger partial charge in [0, 0.05) is 6.20 Å². The number of halogens is 1. The third-order valence-electron chi connectivity index (χ3n) is 5.38. The number of rotatable bonds is 10. The maximum Gasteiger partial charge on any atom is 0.459 e. The zero-order valence-electron chi connectivity index (χ0n) is 20.6. The minimum atomic E-state index is -4.27. The van der Waals surface area contributed by atoms with Crippen LogP contribution in [0.15, 0.2) is 41.3 Å². The van der Waals surface area contributed by atoms with Crippen LogP contribution in [0.4, 0.5) is 5.82 Å². The smallest absolute Gasteiger partial charge is 0.459 e. The van der Waals surface area contributed by atoms with E-state index in [1.54, 1.807) is 32.0 Å². The number of nitrogen functional groups attached to an aromatic ring is 1. The SMILES string of the molecule is CC(C)OC(=O)[C@@H](C)N[P@@](=O)(OC[C@H]1O[C@@H](n2cc(Cl)c(N)nc2=O)[C@](C)(O)[C@@H]1O)Oc1ccccc1. The molecule has 0 radical (unpaired) electrons. The molecule has 5 N–H and O–H groups in total. The predicted molar refractivity (Wildman–Crippen MR) is 133 cm³/mol. The molecule has 3 rings (SSSR count). The van der Waals surface area contributed by atoms with E-state index in [4.69, 9.17) is 35.9 Å². The molecule has 1 aliphatic rings. The number of aliphatic hydroxyl groups excluding tert-OH is 1. The first-order valence-corrected chi connectivity index (χ1v) is 13.2. The van der Waals surface area contributed by atoms with Crippen molar-refractivity contribution in [2.75, 3.05) is 12.3 Å². The Morgan fingerprint density at radius 2 is 2.00 bits per heavy atom. The van der Waals surface area contributed by atoms with Crippen molar-refractivity contribution in [2.24, 2.45) is 0 Å². The van der Waals surface area contributed by atoms with Crippen LogP contribution in [0.5, 0.6) is 5.75 Å². The maximum atomic E-state index is 13.6. The molecule has 2 aromatic rings. The van der Waals surface area contributed by atoms with Gasteiger partial charge in [0.25, 0.3) is 0 Å². The monoisotopic (exact) mass is 560 g/mol. The molecular formula is C22H30ClN4O9P. The van der Waals surface area contributed by atoms with Crippen molar-refractivity contribution in [3.8, 4) is 5.75 Å². The van der Waals surface area contributed by atoms with E-state index >= 15 is 0 Å². The Labute approximate surface area is 218 Å². The highest BCUT2D eigenvalue weighted by Crippen LogP contribution is 2.47. The fourth-order valence-corrected chi connectivity index (χ4v) is 5.16. The number of nitrogens with one attached hydrogen (secondary N) is 1. The topological polar surface area (TPSA) is 184 Å². The summed E-state index contributed by atoms with van der Waals surface area (Å²) in [7, 11) is -4.27. The molecule has 37 heavy (non-hydrogen) atoms. The molecule has 0 amide bonds. The van der Waals surface area contributed by atoms with E-state index < -0.39 is 62.2 Å². The molecule has 1 saturated heterocycles. The average molecular weight is 561 g/mol. The maximum absolute atomic E-state index is 13.6. The lowest BCUT2D eigenvalue weighted by Gasteiger charge is -2.27. The Morgan fingerprint density at radius 3 is 2.62 bits per heavy atom. The van der Waals surface area contributed by atoms with Gasteiger partial charge in [0.15, 0.2) is 6.23 Å². The first kappa shape index (κ1) is 29.1. The van der Waals surface area contributed by atoms with Gasteiger partial charge in [0.2, 0.25) is 0 Å². The standard InChI is InChI=1S/C22H30ClN4O9P/c1-12(2)34-19(29)13(3)26-37(32,36-14-8-6-5-7-9-14)33-11-16-17(28)22(4,31)20(35-16)27-10-15(23)18(24)25-21(27)30/h5-10,12-13,16-17,20,28,31H,11H2,1-4H3,(H,26,32)(H2,24,25,30)/t13-,16-,17-,20-,22-,37-/m1/s1. The molecule has 0 saturated carbocycles. The number of anilines is 1. The number of ether oxygens (including phenoxy) is 2. The Bertz CT molecular complexity index is 1210. The lowest BCUT2D eigenvalue weighted by atomic mass is 9.96. The van der Waals surface area contributed by atoms with Gasteiger partial charge in [-0.05, 0) is 39.8 Å². The van der Waals surface area contributed by atoms with Crippen molar-refractivity contribution < 1.29 is 38.1 Å². The summed E-state index contributed by atoms with van der Waals surface area (Å²) in [6, 6.07) is 6.97. The molecule has 13 nitrogen and oxygen atoms in total. The van der Waals surface area contributed by atoms with E-state index in [1.807, 2.05) is 0 Å². The van der Waals surface area contributed by atoms with Crippen LogP contribution < -0.4 is 21.0 Å². The van der Waals surface area contributed by atoms with Gasteiger partial charge in [-0.3, -0.25) is 13.9 Å². The molecule has 15 heteroatoms. The van der Waals surface area contributed by atoms with Crippen LogP contribution in [-0.4, -0.2) is 62.3 Å². The number of carbonyl (C=O) groups is 1. The second kappa shape index (κ2) is 11.5. The predicted octanol–water partition coefficient (Wildman–Crippen LogP) is 1.62. The lowest BCUT2D eigenvalue weighted by Crippen LogP contribution is -2.46. The lowest BCUT2D eigenvalue weighted by molar-refractivity contribution is -0.149.